The molecule has 2 aromatic heterocycles. The molecule has 6 heteroatoms. The van der Waals surface area contributed by atoms with Gasteiger partial charge in [0.15, 0.2) is 5.65 Å². The molecule has 32 heavy (non-hydrogen) atoms. The highest BCUT2D eigenvalue weighted by Gasteiger charge is 2.37. The second kappa shape index (κ2) is 8.37. The molecule has 4 aromatic rings. The maximum absolute atomic E-state index is 6.45. The van der Waals surface area contributed by atoms with Crippen molar-refractivity contribution in [2.75, 3.05) is 31.1 Å². The van der Waals surface area contributed by atoms with Crippen LogP contribution in [0.3, 0.4) is 0 Å². The first-order valence-corrected chi connectivity index (χ1v) is 11.4. The van der Waals surface area contributed by atoms with Crippen molar-refractivity contribution in [1.29, 1.82) is 0 Å². The molecule has 2 unspecified atom stereocenters. The molecule has 2 aliphatic heterocycles. The fraction of sp³-hybridized carbons (Fsp3) is 0.308. The zero-order valence-electron chi connectivity index (χ0n) is 18.0. The first kappa shape index (κ1) is 19.5. The molecule has 1 fully saturated rings. The van der Waals surface area contributed by atoms with Crippen LogP contribution in [-0.2, 0) is 17.6 Å². The minimum atomic E-state index is -0.0642. The van der Waals surface area contributed by atoms with E-state index >= 15 is 0 Å². The van der Waals surface area contributed by atoms with E-state index in [1.54, 1.807) is 0 Å². The highest BCUT2D eigenvalue weighted by molar-refractivity contribution is 5.59. The number of hydrogen-bond donors (Lipinski definition) is 1. The summed E-state index contributed by atoms with van der Waals surface area (Å²) in [4.78, 5) is 7.48. The number of aromatic nitrogens is 3. The van der Waals surface area contributed by atoms with Crippen LogP contribution in [0.25, 0.3) is 5.65 Å². The van der Waals surface area contributed by atoms with E-state index in [0.29, 0.717) is 6.61 Å². The van der Waals surface area contributed by atoms with Gasteiger partial charge in [-0.2, -0.15) is 9.61 Å². The van der Waals surface area contributed by atoms with Gasteiger partial charge in [-0.25, -0.2) is 4.98 Å². The molecule has 2 atom stereocenters. The molecule has 0 spiro atoms. The molecule has 6 nitrogen and oxygen atoms in total. The van der Waals surface area contributed by atoms with Crippen molar-refractivity contribution < 1.29 is 4.74 Å². The first-order chi connectivity index (χ1) is 15.9. The summed E-state index contributed by atoms with van der Waals surface area (Å²) in [6.45, 7) is 3.39. The van der Waals surface area contributed by atoms with E-state index in [2.05, 4.69) is 70.9 Å². The van der Waals surface area contributed by atoms with Crippen molar-refractivity contribution in [2.45, 2.75) is 25.0 Å². The zero-order valence-corrected chi connectivity index (χ0v) is 18.0. The summed E-state index contributed by atoms with van der Waals surface area (Å²) in [7, 11) is 0. The molecule has 1 saturated heterocycles. The van der Waals surface area contributed by atoms with Gasteiger partial charge < -0.3 is 15.0 Å². The summed E-state index contributed by atoms with van der Waals surface area (Å²) in [6, 6.07) is 23.4. The van der Waals surface area contributed by atoms with E-state index in [0.717, 1.165) is 43.9 Å². The summed E-state index contributed by atoms with van der Waals surface area (Å²) < 4.78 is 8.48. The van der Waals surface area contributed by atoms with Crippen LogP contribution in [0.15, 0.2) is 72.9 Å². The van der Waals surface area contributed by atoms with Gasteiger partial charge in [-0.15, -0.1) is 0 Å². The van der Waals surface area contributed by atoms with Crippen molar-refractivity contribution in [2.24, 2.45) is 0 Å². The highest BCUT2D eigenvalue weighted by Crippen LogP contribution is 2.43. The molecular formula is C26H27N5O. The fourth-order valence-electron chi connectivity index (χ4n) is 5.15. The van der Waals surface area contributed by atoms with Gasteiger partial charge in [0.25, 0.3) is 0 Å². The number of nitrogens with zero attached hydrogens (tertiary/aromatic N) is 4. The van der Waals surface area contributed by atoms with Crippen molar-refractivity contribution in [3.63, 3.8) is 0 Å². The summed E-state index contributed by atoms with van der Waals surface area (Å²) in [5.41, 5.74) is 5.85. The number of fused-ring (bicyclic) bond motifs is 2. The molecule has 0 amide bonds. The molecule has 1 N–H and O–H groups in total. The van der Waals surface area contributed by atoms with Gasteiger partial charge in [0.1, 0.15) is 11.9 Å². The number of morpholine rings is 1. The minimum absolute atomic E-state index is 0.0439. The second-order valence-corrected chi connectivity index (χ2v) is 8.46. The van der Waals surface area contributed by atoms with E-state index in [-0.39, 0.29) is 12.1 Å². The average Bonchev–Trinajstić information content (AvgIpc) is 3.20. The van der Waals surface area contributed by atoms with Crippen molar-refractivity contribution in [3.8, 4) is 0 Å². The molecule has 4 heterocycles. The Morgan fingerprint density at radius 3 is 2.44 bits per heavy atom. The molecule has 0 saturated carbocycles. The molecule has 0 aliphatic carbocycles. The van der Waals surface area contributed by atoms with Crippen molar-refractivity contribution in [3.05, 3.63) is 95.3 Å². The van der Waals surface area contributed by atoms with Gasteiger partial charge >= 0.3 is 0 Å². The molecule has 0 radical (unpaired) electrons. The van der Waals surface area contributed by atoms with Crippen LogP contribution >= 0.6 is 0 Å². The number of nitrogens with one attached hydrogen (secondary N) is 1. The smallest absolute Gasteiger partial charge is 0.157 e. The van der Waals surface area contributed by atoms with Crippen LogP contribution in [0.1, 0.15) is 34.5 Å². The lowest BCUT2D eigenvalue weighted by atomic mass is 9.92. The normalized spacial score (nSPS) is 21.3. The highest BCUT2D eigenvalue weighted by atomic mass is 16.5. The number of hydrogen-bond acceptors (Lipinski definition) is 5. The third kappa shape index (κ3) is 3.36. The maximum atomic E-state index is 6.45. The lowest BCUT2D eigenvalue weighted by Crippen LogP contribution is -2.43. The third-order valence-corrected chi connectivity index (χ3v) is 6.57. The Hall–Kier alpha value is -3.22. The summed E-state index contributed by atoms with van der Waals surface area (Å²) >= 11 is 0. The van der Waals surface area contributed by atoms with E-state index in [4.69, 9.17) is 14.8 Å². The van der Waals surface area contributed by atoms with Gasteiger partial charge in [0.2, 0.25) is 0 Å². The Balaban J connectivity index is 1.56. The number of benzene rings is 2. The third-order valence-electron chi connectivity index (χ3n) is 6.57. The zero-order chi connectivity index (χ0) is 21.3. The van der Waals surface area contributed by atoms with Crippen LogP contribution in [0.5, 0.6) is 0 Å². The quantitative estimate of drug-likeness (QED) is 0.542. The molecule has 0 bridgehead atoms. The van der Waals surface area contributed by atoms with Crippen LogP contribution < -0.4 is 10.2 Å². The molecule has 2 aromatic carbocycles. The van der Waals surface area contributed by atoms with Gasteiger partial charge in [-0.3, -0.25) is 0 Å². The monoisotopic (exact) mass is 425 g/mol. The van der Waals surface area contributed by atoms with E-state index in [1.807, 2.05) is 16.8 Å². The van der Waals surface area contributed by atoms with E-state index < -0.39 is 0 Å². The topological polar surface area (TPSA) is 54.7 Å². The minimum Gasteiger partial charge on any atom is -0.369 e. The van der Waals surface area contributed by atoms with E-state index in [1.165, 1.54) is 22.4 Å². The van der Waals surface area contributed by atoms with Crippen molar-refractivity contribution >= 4 is 11.5 Å². The number of ether oxygens (including phenoxy) is 1. The van der Waals surface area contributed by atoms with Crippen LogP contribution in [0.2, 0.25) is 0 Å². The van der Waals surface area contributed by atoms with Crippen molar-refractivity contribution in [1.82, 2.24) is 19.9 Å². The van der Waals surface area contributed by atoms with Crippen LogP contribution in [0, 0.1) is 0 Å². The predicted octanol–water partition coefficient (Wildman–Crippen LogP) is 3.74. The molecular weight excluding hydrogens is 398 g/mol. The number of anilines is 1. The standard InChI is InChI=1S/C26H27N5O/c1-3-7-19(8-4-1)24-25(20-9-5-2-6-10-20)32-18-17-30(24)26-21-11-14-27-15-12-22(21)29-23-13-16-28-31(23)26/h1-10,13,16,24-25,27H,11-12,14-15,17-18H2. The second-order valence-electron chi connectivity index (χ2n) is 8.46. The molecule has 6 rings (SSSR count). The Labute approximate surface area is 187 Å². The Morgan fingerprint density at radius 2 is 1.62 bits per heavy atom. The van der Waals surface area contributed by atoms with Gasteiger partial charge in [-0.1, -0.05) is 60.7 Å². The molecule has 162 valence electrons. The summed E-state index contributed by atoms with van der Waals surface area (Å²) in [6.07, 6.45) is 3.68. The summed E-state index contributed by atoms with van der Waals surface area (Å²) in [5.74, 6) is 1.16. The van der Waals surface area contributed by atoms with Gasteiger partial charge in [0.05, 0.1) is 24.5 Å². The maximum Gasteiger partial charge on any atom is 0.157 e. The largest absolute Gasteiger partial charge is 0.369 e. The summed E-state index contributed by atoms with van der Waals surface area (Å²) in [5, 5.41) is 8.25. The van der Waals surface area contributed by atoms with Gasteiger partial charge in [-0.05, 0) is 24.1 Å². The lowest BCUT2D eigenvalue weighted by Gasteiger charge is -2.43. The first-order valence-electron chi connectivity index (χ1n) is 11.4. The number of rotatable bonds is 3. The fourth-order valence-corrected chi connectivity index (χ4v) is 5.15. The SMILES string of the molecule is c1ccc(C2OCCN(c3c4c(nc5ccnn35)CCNCC4)C2c2ccccc2)cc1. The Morgan fingerprint density at radius 1 is 0.875 bits per heavy atom. The predicted molar refractivity (Wildman–Crippen MR) is 125 cm³/mol. The Bertz CT molecular complexity index is 1210. The van der Waals surface area contributed by atoms with Gasteiger partial charge in [0, 0.05) is 31.1 Å². The lowest BCUT2D eigenvalue weighted by molar-refractivity contribution is 0.00855. The van der Waals surface area contributed by atoms with Crippen LogP contribution in [0.4, 0.5) is 5.82 Å². The molecule has 2 aliphatic rings. The van der Waals surface area contributed by atoms with Crippen LogP contribution in [-0.4, -0.2) is 40.8 Å². The average molecular weight is 426 g/mol. The van der Waals surface area contributed by atoms with E-state index in [9.17, 15) is 0 Å². The Kier molecular flexibility index (Phi) is 5.09.